The highest BCUT2D eigenvalue weighted by molar-refractivity contribution is 9.10. The van der Waals surface area contributed by atoms with Gasteiger partial charge in [-0.25, -0.2) is 0 Å². The topological polar surface area (TPSA) is 75.3 Å². The number of anilines is 1. The predicted octanol–water partition coefficient (Wildman–Crippen LogP) is 6.14. The number of rotatable bonds is 7. The Morgan fingerprint density at radius 3 is 2.62 bits per heavy atom. The molecular weight excluding hydrogens is 452 g/mol. The van der Waals surface area contributed by atoms with Gasteiger partial charge in [0.05, 0.1) is 11.1 Å². The summed E-state index contributed by atoms with van der Waals surface area (Å²) in [6.45, 7) is 2.46. The van der Waals surface area contributed by atoms with E-state index in [1.165, 1.54) is 17.8 Å². The molecule has 0 aliphatic heterocycles. The SMILES string of the molecule is CCOc1ccc(NC(=O)/C(C#N)=C\c2cc(Br)c(Sc3ccccc3)o2)cc1. The largest absolute Gasteiger partial charge is 0.494 e. The lowest BCUT2D eigenvalue weighted by Crippen LogP contribution is -2.13. The second-order valence-corrected chi connectivity index (χ2v) is 7.68. The summed E-state index contributed by atoms with van der Waals surface area (Å²) < 4.78 is 11.9. The maximum atomic E-state index is 12.4. The highest BCUT2D eigenvalue weighted by Gasteiger charge is 2.14. The van der Waals surface area contributed by atoms with Gasteiger partial charge in [-0.1, -0.05) is 30.0 Å². The number of carbonyl (C=O) groups excluding carboxylic acids is 1. The first kappa shape index (κ1) is 20.8. The summed E-state index contributed by atoms with van der Waals surface area (Å²) in [5.41, 5.74) is 0.511. The molecule has 0 spiro atoms. The molecule has 3 aromatic rings. The number of halogens is 1. The first-order valence-corrected chi connectivity index (χ1v) is 10.4. The van der Waals surface area contributed by atoms with E-state index in [1.807, 2.05) is 43.3 Å². The van der Waals surface area contributed by atoms with Crippen LogP contribution in [0.1, 0.15) is 12.7 Å². The van der Waals surface area contributed by atoms with Gasteiger partial charge in [0.1, 0.15) is 23.2 Å². The molecule has 0 saturated heterocycles. The summed E-state index contributed by atoms with van der Waals surface area (Å²) in [4.78, 5) is 13.5. The van der Waals surface area contributed by atoms with Gasteiger partial charge < -0.3 is 14.5 Å². The van der Waals surface area contributed by atoms with Crippen LogP contribution >= 0.6 is 27.7 Å². The second-order valence-electron chi connectivity index (χ2n) is 5.78. The minimum absolute atomic E-state index is 0.0589. The zero-order chi connectivity index (χ0) is 20.6. The molecule has 1 aromatic heterocycles. The van der Waals surface area contributed by atoms with Crippen molar-refractivity contribution in [2.24, 2.45) is 0 Å². The van der Waals surface area contributed by atoms with Crippen molar-refractivity contribution in [1.29, 1.82) is 5.26 Å². The molecule has 0 bridgehead atoms. The van der Waals surface area contributed by atoms with Gasteiger partial charge >= 0.3 is 0 Å². The van der Waals surface area contributed by atoms with Crippen LogP contribution in [-0.2, 0) is 4.79 Å². The fraction of sp³-hybridized carbons (Fsp3) is 0.0909. The summed E-state index contributed by atoms with van der Waals surface area (Å²) in [6.07, 6.45) is 1.42. The van der Waals surface area contributed by atoms with Crippen LogP contribution in [-0.4, -0.2) is 12.5 Å². The fourth-order valence-corrected chi connectivity index (χ4v) is 3.75. The molecule has 1 N–H and O–H groups in total. The van der Waals surface area contributed by atoms with Crippen molar-refractivity contribution in [1.82, 2.24) is 0 Å². The fourth-order valence-electron chi connectivity index (χ4n) is 2.40. The van der Waals surface area contributed by atoms with Crippen LogP contribution in [0.15, 0.2) is 85.1 Å². The first-order valence-electron chi connectivity index (χ1n) is 8.77. The third kappa shape index (κ3) is 5.76. The van der Waals surface area contributed by atoms with Crippen LogP contribution < -0.4 is 10.1 Å². The Kier molecular flexibility index (Phi) is 7.17. The van der Waals surface area contributed by atoms with Gasteiger partial charge in [-0.15, -0.1) is 0 Å². The molecule has 0 atom stereocenters. The van der Waals surface area contributed by atoms with Crippen LogP contribution in [0, 0.1) is 11.3 Å². The molecule has 146 valence electrons. The smallest absolute Gasteiger partial charge is 0.266 e. The van der Waals surface area contributed by atoms with Gasteiger partial charge in [0.25, 0.3) is 5.91 Å². The monoisotopic (exact) mass is 468 g/mol. The molecule has 29 heavy (non-hydrogen) atoms. The number of nitrogens with one attached hydrogen (secondary N) is 1. The van der Waals surface area contributed by atoms with Crippen LogP contribution in [0.25, 0.3) is 6.08 Å². The average molecular weight is 469 g/mol. The molecule has 0 aliphatic carbocycles. The molecule has 0 saturated carbocycles. The van der Waals surface area contributed by atoms with Crippen molar-refractivity contribution in [3.63, 3.8) is 0 Å². The number of nitrogens with zero attached hydrogens (tertiary/aromatic N) is 1. The van der Waals surface area contributed by atoms with Crippen LogP contribution in [0.3, 0.4) is 0 Å². The normalized spacial score (nSPS) is 11.0. The van der Waals surface area contributed by atoms with E-state index in [1.54, 1.807) is 30.3 Å². The van der Waals surface area contributed by atoms with E-state index in [4.69, 9.17) is 9.15 Å². The van der Waals surface area contributed by atoms with E-state index in [2.05, 4.69) is 21.2 Å². The molecule has 1 amide bonds. The van der Waals surface area contributed by atoms with Crippen molar-refractivity contribution in [3.8, 4) is 11.8 Å². The lowest BCUT2D eigenvalue weighted by atomic mass is 10.2. The number of ether oxygens (including phenoxy) is 1. The van der Waals surface area contributed by atoms with E-state index < -0.39 is 5.91 Å². The third-order valence-corrected chi connectivity index (χ3v) is 5.55. The zero-order valence-electron chi connectivity index (χ0n) is 15.5. The zero-order valence-corrected chi connectivity index (χ0v) is 17.9. The average Bonchev–Trinajstić information content (AvgIpc) is 3.07. The Hall–Kier alpha value is -2.95. The third-order valence-electron chi connectivity index (χ3n) is 3.70. The Bertz CT molecular complexity index is 1050. The summed E-state index contributed by atoms with van der Waals surface area (Å²) >= 11 is 4.91. The maximum Gasteiger partial charge on any atom is 0.266 e. The lowest BCUT2D eigenvalue weighted by molar-refractivity contribution is -0.112. The number of furan rings is 1. The number of nitriles is 1. The van der Waals surface area contributed by atoms with Gasteiger partial charge in [0.2, 0.25) is 0 Å². The van der Waals surface area contributed by atoms with E-state index in [0.29, 0.717) is 28.9 Å². The molecule has 3 rings (SSSR count). The van der Waals surface area contributed by atoms with Crippen molar-refractivity contribution in [3.05, 3.63) is 76.5 Å². The maximum absolute atomic E-state index is 12.4. The number of benzene rings is 2. The molecule has 1 heterocycles. The molecule has 7 heteroatoms. The summed E-state index contributed by atoms with van der Waals surface area (Å²) in [7, 11) is 0. The van der Waals surface area contributed by atoms with Crippen LogP contribution in [0.5, 0.6) is 5.75 Å². The van der Waals surface area contributed by atoms with E-state index >= 15 is 0 Å². The van der Waals surface area contributed by atoms with E-state index in [9.17, 15) is 10.1 Å². The Morgan fingerprint density at radius 1 is 1.24 bits per heavy atom. The van der Waals surface area contributed by atoms with Gasteiger partial charge in [0, 0.05) is 16.7 Å². The molecule has 0 radical (unpaired) electrons. The summed E-state index contributed by atoms with van der Waals surface area (Å²) in [6, 6.07) is 20.4. The highest BCUT2D eigenvalue weighted by Crippen LogP contribution is 2.36. The van der Waals surface area contributed by atoms with Gasteiger partial charge in [-0.3, -0.25) is 4.79 Å². The lowest BCUT2D eigenvalue weighted by Gasteiger charge is -2.06. The van der Waals surface area contributed by atoms with Crippen molar-refractivity contribution in [2.75, 3.05) is 11.9 Å². The van der Waals surface area contributed by atoms with E-state index in [0.717, 1.165) is 9.37 Å². The number of hydrogen-bond acceptors (Lipinski definition) is 5. The molecular formula is C22H17BrN2O3S. The molecule has 2 aromatic carbocycles. The Morgan fingerprint density at radius 2 is 1.97 bits per heavy atom. The van der Waals surface area contributed by atoms with Crippen molar-refractivity contribution >= 4 is 45.4 Å². The number of amides is 1. The number of carbonyl (C=O) groups is 1. The van der Waals surface area contributed by atoms with Crippen LogP contribution in [0.4, 0.5) is 5.69 Å². The van der Waals surface area contributed by atoms with Gasteiger partial charge in [-0.05, 0) is 65.3 Å². The predicted molar refractivity (Wildman–Crippen MR) is 117 cm³/mol. The number of hydrogen-bond donors (Lipinski definition) is 1. The Labute approximate surface area is 181 Å². The molecule has 0 unspecified atom stereocenters. The first-order chi connectivity index (χ1) is 14.1. The molecule has 0 fully saturated rings. The highest BCUT2D eigenvalue weighted by atomic mass is 79.9. The van der Waals surface area contributed by atoms with E-state index in [-0.39, 0.29) is 5.57 Å². The van der Waals surface area contributed by atoms with Gasteiger partial charge in [-0.2, -0.15) is 5.26 Å². The second kappa shape index (κ2) is 10.0. The molecule has 5 nitrogen and oxygen atoms in total. The standard InChI is InChI=1S/C22H17BrN2O3S/c1-2-27-17-10-8-16(9-11-17)25-21(26)15(14-24)12-18-13-20(23)22(28-18)29-19-6-4-3-5-7-19/h3-13H,2H2,1H3,(H,25,26)/b15-12-. The summed E-state index contributed by atoms with van der Waals surface area (Å²) in [5.74, 6) is 0.612. The summed E-state index contributed by atoms with van der Waals surface area (Å²) in [5, 5.41) is 12.7. The Balaban J connectivity index is 1.73. The van der Waals surface area contributed by atoms with Crippen LogP contribution in [0.2, 0.25) is 0 Å². The quantitative estimate of drug-likeness (QED) is 0.333. The van der Waals surface area contributed by atoms with Crippen molar-refractivity contribution in [2.45, 2.75) is 16.9 Å². The van der Waals surface area contributed by atoms with Gasteiger partial charge in [0.15, 0.2) is 5.09 Å². The molecule has 0 aliphatic rings. The minimum Gasteiger partial charge on any atom is -0.494 e. The minimum atomic E-state index is -0.513. The van der Waals surface area contributed by atoms with Crippen molar-refractivity contribution < 1.29 is 13.9 Å².